The number of amides is 1. The molecule has 1 unspecified atom stereocenters. The van der Waals surface area contributed by atoms with Crippen LogP contribution in [0.3, 0.4) is 0 Å². The summed E-state index contributed by atoms with van der Waals surface area (Å²) < 4.78 is 37.5. The standard InChI is InChI=1S/C14H14F3N5O/c15-14(16,17)11-2-1-8(5-19-11)13(23)22-4-3-9(7-22)12-10(18)6-20-21-12/h1-2,5-6,9H,3-4,7,18H2,(H,20,21). The van der Waals surface area contributed by atoms with E-state index in [0.717, 1.165) is 24.0 Å². The number of hydrogen-bond donors (Lipinski definition) is 2. The Kier molecular flexibility index (Phi) is 3.70. The fraction of sp³-hybridized carbons (Fsp3) is 0.357. The van der Waals surface area contributed by atoms with E-state index >= 15 is 0 Å². The predicted molar refractivity (Wildman–Crippen MR) is 75.5 cm³/mol. The number of carbonyl (C=O) groups is 1. The lowest BCUT2D eigenvalue weighted by molar-refractivity contribution is -0.141. The van der Waals surface area contributed by atoms with E-state index in [4.69, 9.17) is 5.73 Å². The van der Waals surface area contributed by atoms with Gasteiger partial charge in [-0.2, -0.15) is 18.3 Å². The van der Waals surface area contributed by atoms with Gasteiger partial charge in [0, 0.05) is 25.2 Å². The van der Waals surface area contributed by atoms with E-state index in [2.05, 4.69) is 15.2 Å². The van der Waals surface area contributed by atoms with Crippen molar-refractivity contribution >= 4 is 11.6 Å². The molecule has 0 aromatic carbocycles. The SMILES string of the molecule is Nc1cn[nH]c1C1CCN(C(=O)c2ccc(C(F)(F)F)nc2)C1. The monoisotopic (exact) mass is 325 g/mol. The smallest absolute Gasteiger partial charge is 0.396 e. The van der Waals surface area contributed by atoms with Gasteiger partial charge >= 0.3 is 6.18 Å². The topological polar surface area (TPSA) is 87.9 Å². The molecule has 0 spiro atoms. The normalized spacial score (nSPS) is 18.4. The molecule has 6 nitrogen and oxygen atoms in total. The van der Waals surface area contributed by atoms with Gasteiger partial charge in [-0.25, -0.2) is 0 Å². The summed E-state index contributed by atoms with van der Waals surface area (Å²) in [6.07, 6.45) is -1.33. The van der Waals surface area contributed by atoms with Gasteiger partial charge in [0.05, 0.1) is 23.1 Å². The molecule has 2 aromatic heterocycles. The van der Waals surface area contributed by atoms with E-state index in [9.17, 15) is 18.0 Å². The second kappa shape index (κ2) is 5.56. The molecule has 1 fully saturated rings. The van der Waals surface area contributed by atoms with Crippen molar-refractivity contribution in [3.63, 3.8) is 0 Å². The van der Waals surface area contributed by atoms with Gasteiger partial charge in [-0.1, -0.05) is 0 Å². The maximum Gasteiger partial charge on any atom is 0.433 e. The molecule has 23 heavy (non-hydrogen) atoms. The Morgan fingerprint density at radius 1 is 1.35 bits per heavy atom. The fourth-order valence-electron chi connectivity index (χ4n) is 2.68. The molecule has 1 aliphatic heterocycles. The number of nitrogens with one attached hydrogen (secondary N) is 1. The fourth-order valence-corrected chi connectivity index (χ4v) is 2.68. The Hall–Kier alpha value is -2.58. The number of halogens is 3. The number of likely N-dealkylation sites (tertiary alicyclic amines) is 1. The van der Waals surface area contributed by atoms with Crippen molar-refractivity contribution in [2.75, 3.05) is 18.8 Å². The molecule has 3 rings (SSSR count). The van der Waals surface area contributed by atoms with Gasteiger partial charge in [0.2, 0.25) is 0 Å². The van der Waals surface area contributed by atoms with E-state index < -0.39 is 11.9 Å². The van der Waals surface area contributed by atoms with E-state index in [-0.39, 0.29) is 17.4 Å². The quantitative estimate of drug-likeness (QED) is 0.884. The molecule has 3 N–H and O–H groups in total. The number of rotatable bonds is 2. The van der Waals surface area contributed by atoms with Crippen LogP contribution in [0.2, 0.25) is 0 Å². The van der Waals surface area contributed by atoms with E-state index in [0.29, 0.717) is 25.2 Å². The predicted octanol–water partition coefficient (Wildman–Crippen LogP) is 2.04. The van der Waals surface area contributed by atoms with Crippen molar-refractivity contribution in [2.24, 2.45) is 0 Å². The highest BCUT2D eigenvalue weighted by Crippen LogP contribution is 2.30. The summed E-state index contributed by atoms with van der Waals surface area (Å²) in [7, 11) is 0. The molecule has 0 saturated carbocycles. The molecule has 2 aromatic rings. The van der Waals surface area contributed by atoms with Crippen molar-refractivity contribution in [3.8, 4) is 0 Å². The van der Waals surface area contributed by atoms with Crippen LogP contribution in [-0.2, 0) is 6.18 Å². The van der Waals surface area contributed by atoms with Crippen LogP contribution < -0.4 is 5.73 Å². The third kappa shape index (κ3) is 2.99. The second-order valence-electron chi connectivity index (χ2n) is 5.41. The van der Waals surface area contributed by atoms with Gasteiger partial charge < -0.3 is 10.6 Å². The molecule has 1 aliphatic rings. The molecule has 1 saturated heterocycles. The number of aromatic nitrogens is 3. The van der Waals surface area contributed by atoms with Gasteiger partial charge in [0.15, 0.2) is 0 Å². The van der Waals surface area contributed by atoms with Gasteiger partial charge in [-0.3, -0.25) is 14.9 Å². The third-order valence-corrected chi connectivity index (χ3v) is 3.88. The Labute approximate surface area is 129 Å². The van der Waals surface area contributed by atoms with Crippen LogP contribution in [0.5, 0.6) is 0 Å². The van der Waals surface area contributed by atoms with Crippen LogP contribution in [0.1, 0.15) is 34.1 Å². The number of aromatic amines is 1. The summed E-state index contributed by atoms with van der Waals surface area (Å²) in [5.41, 5.74) is 6.24. The summed E-state index contributed by atoms with van der Waals surface area (Å²) in [5.74, 6) is -0.296. The summed E-state index contributed by atoms with van der Waals surface area (Å²) in [6, 6.07) is 1.96. The highest BCUT2D eigenvalue weighted by molar-refractivity contribution is 5.94. The first-order chi connectivity index (χ1) is 10.9. The number of pyridine rings is 1. The first-order valence-electron chi connectivity index (χ1n) is 6.97. The van der Waals surface area contributed by atoms with Gasteiger partial charge in [0.25, 0.3) is 5.91 Å². The number of anilines is 1. The first-order valence-corrected chi connectivity index (χ1v) is 6.97. The molecule has 9 heteroatoms. The molecular formula is C14H14F3N5O. The van der Waals surface area contributed by atoms with Crippen LogP contribution >= 0.6 is 0 Å². The largest absolute Gasteiger partial charge is 0.433 e. The Morgan fingerprint density at radius 2 is 2.13 bits per heavy atom. The Bertz CT molecular complexity index is 710. The zero-order chi connectivity index (χ0) is 16.6. The number of hydrogen-bond acceptors (Lipinski definition) is 4. The molecule has 122 valence electrons. The number of alkyl halides is 3. The minimum Gasteiger partial charge on any atom is -0.396 e. The van der Waals surface area contributed by atoms with Crippen molar-refractivity contribution in [1.82, 2.24) is 20.1 Å². The lowest BCUT2D eigenvalue weighted by atomic mass is 10.0. The van der Waals surface area contributed by atoms with E-state index in [1.165, 1.54) is 6.20 Å². The number of carbonyl (C=O) groups excluding carboxylic acids is 1. The average molecular weight is 325 g/mol. The number of H-pyrrole nitrogens is 1. The van der Waals surface area contributed by atoms with Crippen LogP contribution in [0.25, 0.3) is 0 Å². The summed E-state index contributed by atoms with van der Waals surface area (Å²) in [5, 5.41) is 6.68. The zero-order valence-electron chi connectivity index (χ0n) is 12.0. The maximum absolute atomic E-state index is 12.5. The summed E-state index contributed by atoms with van der Waals surface area (Å²) in [6.45, 7) is 0.940. The highest BCUT2D eigenvalue weighted by Gasteiger charge is 2.33. The molecule has 0 radical (unpaired) electrons. The Morgan fingerprint density at radius 3 is 2.70 bits per heavy atom. The number of nitrogens with zero attached hydrogens (tertiary/aromatic N) is 3. The highest BCUT2D eigenvalue weighted by atomic mass is 19.4. The lowest BCUT2D eigenvalue weighted by Gasteiger charge is -2.16. The average Bonchev–Trinajstić information content (AvgIpc) is 3.14. The first kappa shape index (κ1) is 15.3. The third-order valence-electron chi connectivity index (χ3n) is 3.88. The van der Waals surface area contributed by atoms with Crippen molar-refractivity contribution in [1.29, 1.82) is 0 Å². The minimum atomic E-state index is -4.52. The summed E-state index contributed by atoms with van der Waals surface area (Å²) >= 11 is 0. The van der Waals surface area contributed by atoms with Crippen molar-refractivity contribution < 1.29 is 18.0 Å². The maximum atomic E-state index is 12.5. The Balaban J connectivity index is 1.71. The number of nitrogens with two attached hydrogens (primary N) is 1. The molecule has 3 heterocycles. The van der Waals surface area contributed by atoms with E-state index in [1.807, 2.05) is 0 Å². The van der Waals surface area contributed by atoms with Crippen LogP contribution in [0.15, 0.2) is 24.5 Å². The van der Waals surface area contributed by atoms with E-state index in [1.54, 1.807) is 4.90 Å². The van der Waals surface area contributed by atoms with Gasteiger partial charge in [0.1, 0.15) is 5.69 Å². The molecule has 0 aliphatic carbocycles. The molecule has 1 atom stereocenters. The van der Waals surface area contributed by atoms with Crippen LogP contribution in [0, 0.1) is 0 Å². The van der Waals surface area contributed by atoms with Crippen LogP contribution in [0.4, 0.5) is 18.9 Å². The lowest BCUT2D eigenvalue weighted by Crippen LogP contribution is -2.28. The molecular weight excluding hydrogens is 311 g/mol. The van der Waals surface area contributed by atoms with Gasteiger partial charge in [-0.05, 0) is 18.6 Å². The second-order valence-corrected chi connectivity index (χ2v) is 5.41. The van der Waals surface area contributed by atoms with Crippen LogP contribution in [-0.4, -0.2) is 39.1 Å². The molecule has 0 bridgehead atoms. The molecule has 1 amide bonds. The van der Waals surface area contributed by atoms with Gasteiger partial charge in [-0.15, -0.1) is 0 Å². The van der Waals surface area contributed by atoms with Crippen molar-refractivity contribution in [2.45, 2.75) is 18.5 Å². The summed E-state index contributed by atoms with van der Waals surface area (Å²) in [4.78, 5) is 17.3. The minimum absolute atomic E-state index is 0.0452. The van der Waals surface area contributed by atoms with Crippen molar-refractivity contribution in [3.05, 3.63) is 41.5 Å². The zero-order valence-corrected chi connectivity index (χ0v) is 12.0. The number of nitrogen functional groups attached to an aromatic ring is 1.